The topological polar surface area (TPSA) is 94.8 Å². The lowest BCUT2D eigenvalue weighted by molar-refractivity contribution is -0.125. The normalized spacial score (nSPS) is 12.9. The Balaban J connectivity index is 1.53. The summed E-state index contributed by atoms with van der Waals surface area (Å²) in [6, 6.07) is 17.8. The van der Waals surface area contributed by atoms with E-state index in [1.807, 2.05) is 64.1 Å². The lowest BCUT2D eigenvalue weighted by Gasteiger charge is -2.18. The minimum absolute atomic E-state index is 0.0990. The molecule has 0 unspecified atom stereocenters. The van der Waals surface area contributed by atoms with E-state index in [1.165, 1.54) is 6.07 Å². The molecule has 1 aromatic heterocycles. The summed E-state index contributed by atoms with van der Waals surface area (Å²) >= 11 is 0. The predicted octanol–water partition coefficient (Wildman–Crippen LogP) is 5.41. The largest absolute Gasteiger partial charge is 0.494 e. The summed E-state index contributed by atoms with van der Waals surface area (Å²) in [6.45, 7) is 8.10. The first-order valence-electron chi connectivity index (χ1n) is 14.0. The van der Waals surface area contributed by atoms with E-state index in [1.54, 1.807) is 22.8 Å². The summed E-state index contributed by atoms with van der Waals surface area (Å²) in [7, 11) is 0. The molecule has 0 atom stereocenters. The number of rotatable bonds is 9. The first-order valence-corrected chi connectivity index (χ1v) is 14.0. The van der Waals surface area contributed by atoms with Crippen molar-refractivity contribution >= 4 is 11.7 Å². The van der Waals surface area contributed by atoms with Gasteiger partial charge in [0.25, 0.3) is 11.5 Å². The quantitative estimate of drug-likeness (QED) is 0.292. The summed E-state index contributed by atoms with van der Waals surface area (Å²) in [5.74, 6) is 0.851. The van der Waals surface area contributed by atoms with Crippen LogP contribution in [0.4, 0.5) is 4.39 Å². The molecular formula is C33H33FN4O4. The van der Waals surface area contributed by atoms with E-state index >= 15 is 4.39 Å². The van der Waals surface area contributed by atoms with Crippen LogP contribution in [0.2, 0.25) is 0 Å². The van der Waals surface area contributed by atoms with Crippen LogP contribution in [0.15, 0.2) is 70.6 Å². The fourth-order valence-electron chi connectivity index (χ4n) is 5.19. The zero-order valence-electron chi connectivity index (χ0n) is 24.2. The van der Waals surface area contributed by atoms with Crippen molar-refractivity contribution in [2.75, 3.05) is 13.2 Å². The number of hydrogen-bond donors (Lipinski definition) is 1. The molecule has 0 bridgehead atoms. The third kappa shape index (κ3) is 5.81. The van der Waals surface area contributed by atoms with Gasteiger partial charge >= 0.3 is 0 Å². The molecule has 4 aromatic rings. The smallest absolute Gasteiger partial charge is 0.266 e. The highest BCUT2D eigenvalue weighted by molar-refractivity contribution is 6.12. The molecular weight excluding hydrogens is 535 g/mol. The highest BCUT2D eigenvalue weighted by Crippen LogP contribution is 2.28. The van der Waals surface area contributed by atoms with Gasteiger partial charge in [0.05, 0.1) is 18.0 Å². The Morgan fingerprint density at radius 1 is 1.02 bits per heavy atom. The number of amides is 1. The van der Waals surface area contributed by atoms with Crippen LogP contribution in [0.3, 0.4) is 0 Å². The molecule has 0 saturated carbocycles. The second kappa shape index (κ2) is 12.4. The first-order chi connectivity index (χ1) is 20.3. The van der Waals surface area contributed by atoms with Crippen LogP contribution >= 0.6 is 0 Å². The van der Waals surface area contributed by atoms with Crippen LogP contribution in [-0.4, -0.2) is 34.5 Å². The van der Waals surface area contributed by atoms with Gasteiger partial charge in [-0.3, -0.25) is 14.2 Å². The predicted molar refractivity (Wildman–Crippen MR) is 160 cm³/mol. The lowest BCUT2D eigenvalue weighted by atomic mass is 9.95. The molecule has 1 aliphatic rings. The van der Waals surface area contributed by atoms with Crippen molar-refractivity contribution in [2.24, 2.45) is 5.16 Å². The SMILES string of the molecule is CCCc1nc(C)n(-c2ccc(OCC)c(C)c2)c(=O)c1Cc1ccc(-c2ccccc2C2=NOCC(=O)N2)cc1F. The fourth-order valence-corrected chi connectivity index (χ4v) is 5.19. The van der Waals surface area contributed by atoms with Crippen molar-refractivity contribution in [1.82, 2.24) is 14.9 Å². The van der Waals surface area contributed by atoms with Crippen molar-refractivity contribution in [2.45, 2.75) is 47.0 Å². The number of nitrogens with one attached hydrogen (secondary N) is 1. The Morgan fingerprint density at radius 2 is 1.81 bits per heavy atom. The molecule has 0 aliphatic carbocycles. The number of hydrogen-bond acceptors (Lipinski definition) is 6. The maximum absolute atomic E-state index is 15.7. The zero-order valence-corrected chi connectivity index (χ0v) is 24.2. The van der Waals surface area contributed by atoms with Crippen molar-refractivity contribution < 1.29 is 18.8 Å². The average Bonchev–Trinajstić information content (AvgIpc) is 2.97. The molecule has 1 amide bonds. The number of aryl methyl sites for hydroxylation is 3. The minimum atomic E-state index is -0.445. The molecule has 3 aromatic carbocycles. The van der Waals surface area contributed by atoms with Crippen LogP contribution in [0.1, 0.15) is 54.0 Å². The Bertz CT molecular complexity index is 1750. The van der Waals surface area contributed by atoms with Gasteiger partial charge < -0.3 is 14.9 Å². The number of aromatic nitrogens is 2. The first kappa shape index (κ1) is 28.7. The molecule has 1 aliphatic heterocycles. The molecule has 5 rings (SSSR count). The Morgan fingerprint density at radius 3 is 2.50 bits per heavy atom. The number of ether oxygens (including phenoxy) is 1. The van der Waals surface area contributed by atoms with E-state index in [-0.39, 0.29) is 30.3 Å². The number of halogens is 1. The molecule has 0 saturated heterocycles. The number of benzene rings is 3. The molecule has 0 radical (unpaired) electrons. The number of carbonyl (C=O) groups excluding carboxylic acids is 1. The lowest BCUT2D eigenvalue weighted by Crippen LogP contribution is -2.38. The molecule has 0 fully saturated rings. The molecule has 8 nitrogen and oxygen atoms in total. The van der Waals surface area contributed by atoms with Crippen molar-refractivity contribution in [3.05, 3.63) is 111 Å². The molecule has 0 spiro atoms. The van der Waals surface area contributed by atoms with E-state index < -0.39 is 5.82 Å². The van der Waals surface area contributed by atoms with E-state index in [9.17, 15) is 9.59 Å². The molecule has 9 heteroatoms. The van der Waals surface area contributed by atoms with E-state index in [2.05, 4.69) is 10.5 Å². The number of amidine groups is 1. The summed E-state index contributed by atoms with van der Waals surface area (Å²) in [4.78, 5) is 35.6. The van der Waals surface area contributed by atoms with Crippen molar-refractivity contribution in [1.29, 1.82) is 0 Å². The molecule has 2 heterocycles. The Labute approximate surface area is 243 Å². The Hall–Kier alpha value is -4.79. The van der Waals surface area contributed by atoms with E-state index in [0.29, 0.717) is 58.1 Å². The summed E-state index contributed by atoms with van der Waals surface area (Å²) in [5, 5.41) is 6.67. The average molecular weight is 569 g/mol. The Kier molecular flexibility index (Phi) is 8.47. The second-order valence-electron chi connectivity index (χ2n) is 10.1. The van der Waals surface area contributed by atoms with E-state index in [0.717, 1.165) is 17.7 Å². The van der Waals surface area contributed by atoms with Crippen LogP contribution in [-0.2, 0) is 22.5 Å². The van der Waals surface area contributed by atoms with Crippen molar-refractivity contribution in [3.8, 4) is 22.6 Å². The number of oxime groups is 1. The van der Waals surface area contributed by atoms with Gasteiger partial charge in [-0.1, -0.05) is 54.9 Å². The minimum Gasteiger partial charge on any atom is -0.494 e. The molecule has 1 N–H and O–H groups in total. The second-order valence-corrected chi connectivity index (χ2v) is 10.1. The number of nitrogens with zero attached hydrogens (tertiary/aromatic N) is 3. The summed E-state index contributed by atoms with van der Waals surface area (Å²) < 4.78 is 23.0. The van der Waals surface area contributed by atoms with Crippen LogP contribution in [0.5, 0.6) is 5.75 Å². The van der Waals surface area contributed by atoms with Gasteiger partial charge in [0.2, 0.25) is 0 Å². The molecule has 42 heavy (non-hydrogen) atoms. The zero-order chi connectivity index (χ0) is 29.8. The maximum Gasteiger partial charge on any atom is 0.266 e. The molecule has 216 valence electrons. The highest BCUT2D eigenvalue weighted by Gasteiger charge is 2.21. The summed E-state index contributed by atoms with van der Waals surface area (Å²) in [6.07, 6.45) is 1.51. The van der Waals surface area contributed by atoms with Gasteiger partial charge in [-0.15, -0.1) is 0 Å². The standard InChI is InChI=1S/C33H33FN4O4/c1-5-9-29-27(33(40)38(21(4)35-29)24-14-15-30(41-6-2)20(3)16-24)17-23-13-12-22(18-28(23)34)25-10-7-8-11-26(25)32-36-31(39)19-42-37-32/h7-8,10-16,18H,5-6,9,17,19H2,1-4H3,(H,36,37,39). The third-order valence-corrected chi connectivity index (χ3v) is 7.16. The third-order valence-electron chi connectivity index (χ3n) is 7.16. The monoisotopic (exact) mass is 568 g/mol. The van der Waals surface area contributed by atoms with Gasteiger partial charge in [0.15, 0.2) is 12.4 Å². The number of carbonyl (C=O) groups is 1. The van der Waals surface area contributed by atoms with Crippen LogP contribution < -0.4 is 15.6 Å². The van der Waals surface area contributed by atoms with Crippen LogP contribution in [0, 0.1) is 19.7 Å². The van der Waals surface area contributed by atoms with Gasteiger partial charge in [-0.05, 0) is 73.7 Å². The fraction of sp³-hybridized carbons (Fsp3) is 0.273. The van der Waals surface area contributed by atoms with Crippen molar-refractivity contribution in [3.63, 3.8) is 0 Å². The van der Waals surface area contributed by atoms with E-state index in [4.69, 9.17) is 14.6 Å². The highest BCUT2D eigenvalue weighted by atomic mass is 19.1. The van der Waals surface area contributed by atoms with Gasteiger partial charge in [-0.2, -0.15) is 0 Å². The van der Waals surface area contributed by atoms with Gasteiger partial charge in [0.1, 0.15) is 17.4 Å². The van der Waals surface area contributed by atoms with Crippen LogP contribution in [0.25, 0.3) is 16.8 Å². The summed E-state index contributed by atoms with van der Waals surface area (Å²) in [5.41, 5.74) is 4.82. The maximum atomic E-state index is 15.7. The van der Waals surface area contributed by atoms with Gasteiger partial charge in [-0.25, -0.2) is 9.37 Å². The van der Waals surface area contributed by atoms with Gasteiger partial charge in [0, 0.05) is 17.5 Å².